The lowest BCUT2D eigenvalue weighted by atomic mass is 10.0. The Labute approximate surface area is 91.9 Å². The molecule has 1 aliphatic heterocycles. The van der Waals surface area contributed by atoms with E-state index in [1.807, 2.05) is 0 Å². The van der Waals surface area contributed by atoms with E-state index in [4.69, 9.17) is 5.11 Å². The number of piperazine rings is 1. The Bertz CT molecular complexity index is 221. The van der Waals surface area contributed by atoms with Gasteiger partial charge in [0.05, 0.1) is 6.42 Å². The molecule has 2 atom stereocenters. The molecule has 0 aromatic rings. The highest BCUT2D eigenvalue weighted by atomic mass is 16.4. The maximum Gasteiger partial charge on any atom is 0.304 e. The van der Waals surface area contributed by atoms with E-state index in [2.05, 4.69) is 30.7 Å². The second-order valence-electron chi connectivity index (χ2n) is 4.54. The van der Waals surface area contributed by atoms with Gasteiger partial charge in [0.2, 0.25) is 0 Å². The number of hydrogen-bond acceptors (Lipinski definition) is 3. The summed E-state index contributed by atoms with van der Waals surface area (Å²) >= 11 is 0. The maximum absolute atomic E-state index is 10.8. The van der Waals surface area contributed by atoms with Gasteiger partial charge in [0.25, 0.3) is 0 Å². The minimum absolute atomic E-state index is 0.184. The Hall–Kier alpha value is -0.610. The fourth-order valence-electron chi connectivity index (χ4n) is 2.21. The molecular weight excluding hydrogens is 192 g/mol. The van der Waals surface area contributed by atoms with Gasteiger partial charge in [-0.3, -0.25) is 9.69 Å². The molecule has 1 saturated heterocycles. The predicted molar refractivity (Wildman–Crippen MR) is 60.0 cm³/mol. The van der Waals surface area contributed by atoms with Crippen molar-refractivity contribution in [2.24, 2.45) is 0 Å². The smallest absolute Gasteiger partial charge is 0.304 e. The van der Waals surface area contributed by atoms with Crippen molar-refractivity contribution in [2.75, 3.05) is 26.7 Å². The molecule has 0 bridgehead atoms. The SMILES string of the molecule is CCCN1CC(C)N(C)CC1CC(=O)O. The van der Waals surface area contributed by atoms with Gasteiger partial charge in [-0.05, 0) is 26.9 Å². The molecule has 1 N–H and O–H groups in total. The summed E-state index contributed by atoms with van der Waals surface area (Å²) in [4.78, 5) is 15.3. The summed E-state index contributed by atoms with van der Waals surface area (Å²) in [6.07, 6.45) is 1.35. The summed E-state index contributed by atoms with van der Waals surface area (Å²) in [6, 6.07) is 0.713. The summed E-state index contributed by atoms with van der Waals surface area (Å²) in [7, 11) is 2.07. The number of nitrogens with zero attached hydrogens (tertiary/aromatic N) is 2. The highest BCUT2D eigenvalue weighted by molar-refractivity contribution is 5.67. The van der Waals surface area contributed by atoms with Crippen molar-refractivity contribution in [2.45, 2.75) is 38.8 Å². The number of aliphatic carboxylic acids is 1. The first kappa shape index (κ1) is 12.5. The minimum atomic E-state index is -0.691. The van der Waals surface area contributed by atoms with E-state index >= 15 is 0 Å². The molecule has 0 radical (unpaired) electrons. The van der Waals surface area contributed by atoms with E-state index in [-0.39, 0.29) is 12.5 Å². The molecule has 0 aromatic heterocycles. The number of carboxylic acids is 1. The Morgan fingerprint density at radius 3 is 2.67 bits per heavy atom. The molecule has 88 valence electrons. The number of carbonyl (C=O) groups is 1. The Balaban J connectivity index is 2.58. The largest absolute Gasteiger partial charge is 0.481 e. The van der Waals surface area contributed by atoms with Gasteiger partial charge in [-0.25, -0.2) is 0 Å². The number of likely N-dealkylation sites (N-methyl/N-ethyl adjacent to an activating group) is 1. The molecular formula is C11H22N2O2. The van der Waals surface area contributed by atoms with Crippen molar-refractivity contribution < 1.29 is 9.90 Å². The van der Waals surface area contributed by atoms with E-state index in [9.17, 15) is 4.79 Å². The Morgan fingerprint density at radius 2 is 2.13 bits per heavy atom. The molecule has 0 amide bonds. The lowest BCUT2D eigenvalue weighted by Crippen LogP contribution is -2.56. The molecule has 0 saturated carbocycles. The van der Waals surface area contributed by atoms with E-state index in [0.29, 0.717) is 6.04 Å². The van der Waals surface area contributed by atoms with Crippen molar-refractivity contribution in [1.29, 1.82) is 0 Å². The minimum Gasteiger partial charge on any atom is -0.481 e. The van der Waals surface area contributed by atoms with Crippen LogP contribution in [0.2, 0.25) is 0 Å². The summed E-state index contributed by atoms with van der Waals surface area (Å²) in [5, 5.41) is 8.86. The second-order valence-corrected chi connectivity index (χ2v) is 4.54. The molecule has 15 heavy (non-hydrogen) atoms. The number of carboxylic acid groups (broad SMARTS) is 1. The Kier molecular flexibility index (Phi) is 4.54. The molecule has 4 heteroatoms. The average Bonchev–Trinajstić information content (AvgIpc) is 2.13. The molecule has 2 unspecified atom stereocenters. The monoisotopic (exact) mass is 214 g/mol. The first-order valence-corrected chi connectivity index (χ1v) is 5.70. The molecule has 0 aromatic carbocycles. The third kappa shape index (κ3) is 3.47. The fourth-order valence-corrected chi connectivity index (χ4v) is 2.21. The van der Waals surface area contributed by atoms with Crippen molar-refractivity contribution in [1.82, 2.24) is 9.80 Å². The van der Waals surface area contributed by atoms with Crippen molar-refractivity contribution in [3.63, 3.8) is 0 Å². The van der Waals surface area contributed by atoms with Crippen LogP contribution in [0.1, 0.15) is 26.7 Å². The van der Waals surface area contributed by atoms with Crippen LogP contribution < -0.4 is 0 Å². The first-order valence-electron chi connectivity index (χ1n) is 5.70. The van der Waals surface area contributed by atoms with Crippen LogP contribution in [0.15, 0.2) is 0 Å². The van der Waals surface area contributed by atoms with Crippen LogP contribution in [0, 0.1) is 0 Å². The zero-order valence-electron chi connectivity index (χ0n) is 9.94. The first-order chi connectivity index (χ1) is 7.04. The van der Waals surface area contributed by atoms with Gasteiger partial charge in [0.15, 0.2) is 0 Å². The highest BCUT2D eigenvalue weighted by Crippen LogP contribution is 2.16. The third-order valence-corrected chi connectivity index (χ3v) is 3.19. The van der Waals surface area contributed by atoms with Gasteiger partial charge in [-0.15, -0.1) is 0 Å². The Morgan fingerprint density at radius 1 is 1.47 bits per heavy atom. The average molecular weight is 214 g/mol. The fraction of sp³-hybridized carbons (Fsp3) is 0.909. The summed E-state index contributed by atoms with van der Waals surface area (Å²) in [5.41, 5.74) is 0. The molecule has 0 aliphatic carbocycles. The van der Waals surface area contributed by atoms with Gasteiger partial charge in [0.1, 0.15) is 0 Å². The number of rotatable bonds is 4. The van der Waals surface area contributed by atoms with Gasteiger partial charge >= 0.3 is 5.97 Å². The van der Waals surface area contributed by atoms with E-state index in [1.165, 1.54) is 0 Å². The number of hydrogen-bond donors (Lipinski definition) is 1. The van der Waals surface area contributed by atoms with Gasteiger partial charge in [0, 0.05) is 25.2 Å². The highest BCUT2D eigenvalue weighted by Gasteiger charge is 2.30. The predicted octanol–water partition coefficient (Wildman–Crippen LogP) is 0.876. The van der Waals surface area contributed by atoms with Crippen LogP contribution in [-0.4, -0.2) is 59.6 Å². The molecule has 1 fully saturated rings. The van der Waals surface area contributed by atoms with E-state index in [0.717, 1.165) is 26.1 Å². The van der Waals surface area contributed by atoms with Crippen LogP contribution >= 0.6 is 0 Å². The van der Waals surface area contributed by atoms with E-state index < -0.39 is 5.97 Å². The van der Waals surface area contributed by atoms with Crippen molar-refractivity contribution in [3.05, 3.63) is 0 Å². The van der Waals surface area contributed by atoms with Gasteiger partial charge < -0.3 is 10.0 Å². The normalized spacial score (nSPS) is 29.3. The third-order valence-electron chi connectivity index (χ3n) is 3.19. The molecule has 1 heterocycles. The molecule has 1 rings (SSSR count). The molecule has 1 aliphatic rings. The van der Waals surface area contributed by atoms with Gasteiger partial charge in [-0.2, -0.15) is 0 Å². The standard InChI is InChI=1S/C11H22N2O2/c1-4-5-13-7-9(2)12(3)8-10(13)6-11(14)15/h9-10H,4-8H2,1-3H3,(H,14,15). The van der Waals surface area contributed by atoms with Crippen molar-refractivity contribution >= 4 is 5.97 Å². The van der Waals surface area contributed by atoms with E-state index in [1.54, 1.807) is 0 Å². The van der Waals surface area contributed by atoms with Crippen LogP contribution in [0.3, 0.4) is 0 Å². The zero-order chi connectivity index (χ0) is 11.4. The summed E-state index contributed by atoms with van der Waals surface area (Å²) < 4.78 is 0. The zero-order valence-corrected chi connectivity index (χ0v) is 9.94. The maximum atomic E-state index is 10.8. The van der Waals surface area contributed by atoms with Gasteiger partial charge in [-0.1, -0.05) is 6.92 Å². The lowest BCUT2D eigenvalue weighted by molar-refractivity contribution is -0.139. The van der Waals surface area contributed by atoms with Crippen LogP contribution in [0.4, 0.5) is 0 Å². The quantitative estimate of drug-likeness (QED) is 0.754. The molecule has 0 spiro atoms. The topological polar surface area (TPSA) is 43.8 Å². The lowest BCUT2D eigenvalue weighted by Gasteiger charge is -2.43. The summed E-state index contributed by atoms with van der Waals surface area (Å²) in [5.74, 6) is -0.691. The van der Waals surface area contributed by atoms with Crippen molar-refractivity contribution in [3.8, 4) is 0 Å². The summed E-state index contributed by atoms with van der Waals surface area (Å²) in [6.45, 7) is 7.20. The molecule has 4 nitrogen and oxygen atoms in total. The van der Waals surface area contributed by atoms with Crippen LogP contribution in [-0.2, 0) is 4.79 Å². The van der Waals surface area contributed by atoms with Crippen LogP contribution in [0.25, 0.3) is 0 Å². The van der Waals surface area contributed by atoms with Crippen LogP contribution in [0.5, 0.6) is 0 Å². The second kappa shape index (κ2) is 5.47.